The van der Waals surface area contributed by atoms with Crippen molar-refractivity contribution in [1.29, 1.82) is 0 Å². The number of hydrogen-bond donors (Lipinski definition) is 2. The molecule has 0 spiro atoms. The quantitative estimate of drug-likeness (QED) is 0.466. The Kier molecular flexibility index (Phi) is 6.59. The van der Waals surface area contributed by atoms with E-state index < -0.39 is 0 Å². The van der Waals surface area contributed by atoms with Crippen LogP contribution in [0.2, 0.25) is 10.0 Å². The summed E-state index contributed by atoms with van der Waals surface area (Å²) >= 11 is 14.6. The Balaban J connectivity index is 1.54. The molecule has 3 aromatic rings. The number of rotatable bonds is 6. The zero-order chi connectivity index (χ0) is 19.4. The van der Waals surface area contributed by atoms with Crippen molar-refractivity contribution >= 4 is 68.7 Å². The summed E-state index contributed by atoms with van der Waals surface area (Å²) in [6.45, 7) is 4.13. The molecule has 5 nitrogen and oxygen atoms in total. The predicted molar refractivity (Wildman–Crippen MR) is 115 cm³/mol. The Morgan fingerprint density at radius 2 is 1.78 bits per heavy atom. The molecule has 3 rings (SSSR count). The van der Waals surface area contributed by atoms with Crippen LogP contribution in [0.5, 0.6) is 0 Å². The average Bonchev–Trinajstić information content (AvgIpc) is 3.03. The molecule has 0 aliphatic rings. The largest absolute Gasteiger partial charge is 0.330 e. The predicted octanol–water partition coefficient (Wildman–Crippen LogP) is 5.94. The molecular weight excluding hydrogens is 423 g/mol. The molecule has 1 aromatic heterocycles. The van der Waals surface area contributed by atoms with Crippen molar-refractivity contribution in [2.24, 2.45) is 0 Å². The topological polar surface area (TPSA) is 66.9 Å². The van der Waals surface area contributed by atoms with E-state index in [-0.39, 0.29) is 11.7 Å². The number of carbonyl (C=O) groups excluding carboxylic acids is 1. The second-order valence-electron chi connectivity index (χ2n) is 5.79. The van der Waals surface area contributed by atoms with Crippen molar-refractivity contribution < 1.29 is 4.79 Å². The number of nitrogens with one attached hydrogen (secondary N) is 2. The van der Waals surface area contributed by atoms with Crippen LogP contribution in [0.25, 0.3) is 0 Å². The first-order valence-corrected chi connectivity index (χ1v) is 10.5. The molecule has 0 fully saturated rings. The van der Waals surface area contributed by atoms with Gasteiger partial charge in [0.2, 0.25) is 11.0 Å². The SMILES string of the molecule is Cc1ccc(Nc2nnc(SCC(=O)Nc3cc(Cl)cc(Cl)c3)s2)cc1C. The van der Waals surface area contributed by atoms with E-state index >= 15 is 0 Å². The van der Waals surface area contributed by atoms with Gasteiger partial charge in [0.15, 0.2) is 4.34 Å². The summed E-state index contributed by atoms with van der Waals surface area (Å²) in [4.78, 5) is 12.1. The van der Waals surface area contributed by atoms with Crippen molar-refractivity contribution in [3.63, 3.8) is 0 Å². The van der Waals surface area contributed by atoms with Crippen LogP contribution >= 0.6 is 46.3 Å². The molecule has 0 saturated heterocycles. The van der Waals surface area contributed by atoms with Gasteiger partial charge in [0.05, 0.1) is 5.75 Å². The number of nitrogens with zero attached hydrogens (tertiary/aromatic N) is 2. The first-order valence-electron chi connectivity index (χ1n) is 7.95. The fourth-order valence-electron chi connectivity index (χ4n) is 2.21. The molecule has 2 N–H and O–H groups in total. The van der Waals surface area contributed by atoms with Crippen LogP contribution in [0.3, 0.4) is 0 Å². The van der Waals surface area contributed by atoms with E-state index in [9.17, 15) is 4.79 Å². The van der Waals surface area contributed by atoms with E-state index in [1.54, 1.807) is 18.2 Å². The minimum Gasteiger partial charge on any atom is -0.330 e. The molecule has 0 aliphatic heterocycles. The monoisotopic (exact) mass is 438 g/mol. The summed E-state index contributed by atoms with van der Waals surface area (Å²) < 4.78 is 0.709. The first-order chi connectivity index (χ1) is 12.9. The van der Waals surface area contributed by atoms with Gasteiger partial charge in [-0.25, -0.2) is 0 Å². The van der Waals surface area contributed by atoms with Crippen molar-refractivity contribution in [2.75, 3.05) is 16.4 Å². The Hall–Kier alpha value is -1.80. The molecule has 0 unspecified atom stereocenters. The molecule has 1 amide bonds. The number of anilines is 3. The fourth-order valence-corrected chi connectivity index (χ4v) is 4.31. The van der Waals surface area contributed by atoms with Gasteiger partial charge < -0.3 is 10.6 Å². The lowest BCUT2D eigenvalue weighted by Gasteiger charge is -2.05. The number of aromatic nitrogens is 2. The molecular formula is C18H16Cl2N4OS2. The summed E-state index contributed by atoms with van der Waals surface area (Å²) in [5.41, 5.74) is 3.96. The van der Waals surface area contributed by atoms with Gasteiger partial charge in [-0.1, -0.05) is 52.4 Å². The average molecular weight is 439 g/mol. The van der Waals surface area contributed by atoms with E-state index in [4.69, 9.17) is 23.2 Å². The fraction of sp³-hybridized carbons (Fsp3) is 0.167. The molecule has 1 heterocycles. The van der Waals surface area contributed by atoms with E-state index in [2.05, 4.69) is 46.8 Å². The molecule has 0 radical (unpaired) electrons. The lowest BCUT2D eigenvalue weighted by Crippen LogP contribution is -2.13. The standard InChI is InChI=1S/C18H16Cl2N4OS2/c1-10-3-4-14(5-11(10)2)22-17-23-24-18(27-17)26-9-16(25)21-15-7-12(19)6-13(20)8-15/h3-8H,9H2,1-2H3,(H,21,25)(H,22,23). The number of amides is 1. The normalized spacial score (nSPS) is 10.7. The second-order valence-corrected chi connectivity index (χ2v) is 8.86. The van der Waals surface area contributed by atoms with Crippen molar-refractivity contribution in [2.45, 2.75) is 18.2 Å². The molecule has 0 atom stereocenters. The highest BCUT2D eigenvalue weighted by Crippen LogP contribution is 2.28. The van der Waals surface area contributed by atoms with E-state index in [0.717, 1.165) is 5.69 Å². The minimum atomic E-state index is -0.169. The molecule has 140 valence electrons. The second kappa shape index (κ2) is 8.93. The number of halogens is 2. The van der Waals surface area contributed by atoms with Gasteiger partial charge in [-0.2, -0.15) is 0 Å². The van der Waals surface area contributed by atoms with Gasteiger partial charge in [-0.3, -0.25) is 4.79 Å². The van der Waals surface area contributed by atoms with Crippen LogP contribution in [0.1, 0.15) is 11.1 Å². The van der Waals surface area contributed by atoms with Gasteiger partial charge in [-0.05, 0) is 55.3 Å². The van der Waals surface area contributed by atoms with Gasteiger partial charge in [0, 0.05) is 21.4 Å². The number of thioether (sulfide) groups is 1. The van der Waals surface area contributed by atoms with Crippen molar-refractivity contribution in [1.82, 2.24) is 10.2 Å². The number of carbonyl (C=O) groups is 1. The number of aryl methyl sites for hydroxylation is 2. The lowest BCUT2D eigenvalue weighted by molar-refractivity contribution is -0.113. The van der Waals surface area contributed by atoms with Crippen molar-refractivity contribution in [3.05, 3.63) is 57.6 Å². The van der Waals surface area contributed by atoms with Gasteiger partial charge in [0.1, 0.15) is 0 Å². The Morgan fingerprint density at radius 3 is 2.48 bits per heavy atom. The maximum Gasteiger partial charge on any atom is 0.234 e. The van der Waals surface area contributed by atoms with Gasteiger partial charge in [-0.15, -0.1) is 10.2 Å². The van der Waals surface area contributed by atoms with Gasteiger partial charge in [0.25, 0.3) is 0 Å². The molecule has 2 aromatic carbocycles. The van der Waals surface area contributed by atoms with E-state index in [0.29, 0.717) is 25.2 Å². The molecule has 0 aliphatic carbocycles. The van der Waals surface area contributed by atoms with Crippen LogP contribution < -0.4 is 10.6 Å². The summed E-state index contributed by atoms with van der Waals surface area (Å²) in [6.07, 6.45) is 0. The maximum atomic E-state index is 12.1. The smallest absolute Gasteiger partial charge is 0.234 e. The Labute approximate surface area is 175 Å². The lowest BCUT2D eigenvalue weighted by atomic mass is 10.1. The summed E-state index contributed by atoms with van der Waals surface area (Å²) in [7, 11) is 0. The third-order valence-corrected chi connectivity index (χ3v) is 6.05. The minimum absolute atomic E-state index is 0.169. The van der Waals surface area contributed by atoms with E-state index in [1.165, 1.54) is 34.2 Å². The molecule has 0 bridgehead atoms. The highest BCUT2D eigenvalue weighted by molar-refractivity contribution is 8.01. The summed E-state index contributed by atoms with van der Waals surface area (Å²) in [5.74, 6) is 0.0415. The maximum absolute atomic E-state index is 12.1. The summed E-state index contributed by atoms with van der Waals surface area (Å²) in [6, 6.07) is 11.0. The summed E-state index contributed by atoms with van der Waals surface area (Å²) in [5, 5.41) is 15.8. The Morgan fingerprint density at radius 1 is 1.04 bits per heavy atom. The number of benzene rings is 2. The first kappa shape index (κ1) is 19.9. The molecule has 27 heavy (non-hydrogen) atoms. The molecule has 9 heteroatoms. The van der Waals surface area contributed by atoms with Crippen LogP contribution in [-0.4, -0.2) is 21.9 Å². The van der Waals surface area contributed by atoms with Crippen molar-refractivity contribution in [3.8, 4) is 0 Å². The zero-order valence-corrected chi connectivity index (χ0v) is 17.7. The van der Waals surface area contributed by atoms with Gasteiger partial charge >= 0.3 is 0 Å². The highest BCUT2D eigenvalue weighted by Gasteiger charge is 2.10. The van der Waals surface area contributed by atoms with Crippen LogP contribution in [0, 0.1) is 13.8 Å². The Bertz CT molecular complexity index is 957. The zero-order valence-electron chi connectivity index (χ0n) is 14.5. The van der Waals surface area contributed by atoms with Crippen LogP contribution in [0.4, 0.5) is 16.5 Å². The number of hydrogen-bond acceptors (Lipinski definition) is 6. The van der Waals surface area contributed by atoms with Crippen LogP contribution in [-0.2, 0) is 4.79 Å². The highest BCUT2D eigenvalue weighted by atomic mass is 35.5. The van der Waals surface area contributed by atoms with E-state index in [1.807, 2.05) is 6.07 Å². The van der Waals surface area contributed by atoms with Crippen LogP contribution in [0.15, 0.2) is 40.7 Å². The molecule has 0 saturated carbocycles. The third-order valence-electron chi connectivity index (χ3n) is 3.64. The third kappa shape index (κ3) is 5.84.